The lowest BCUT2D eigenvalue weighted by Gasteiger charge is -2.26. The van der Waals surface area contributed by atoms with Gasteiger partial charge in [0, 0.05) is 47.9 Å². The van der Waals surface area contributed by atoms with Gasteiger partial charge in [0.2, 0.25) is 0 Å². The van der Waals surface area contributed by atoms with Gasteiger partial charge in [0.15, 0.2) is 0 Å². The van der Waals surface area contributed by atoms with Gasteiger partial charge in [-0.15, -0.1) is 11.3 Å². The molecule has 6 aromatic carbocycles. The van der Waals surface area contributed by atoms with Gasteiger partial charge in [-0.1, -0.05) is 91.0 Å². The van der Waals surface area contributed by atoms with E-state index in [0.717, 1.165) is 44.4 Å². The van der Waals surface area contributed by atoms with Crippen LogP contribution in [0.2, 0.25) is 0 Å². The second kappa shape index (κ2) is 8.87. The van der Waals surface area contributed by atoms with Crippen LogP contribution in [0.25, 0.3) is 53.2 Å². The van der Waals surface area contributed by atoms with Crippen LogP contribution in [0.15, 0.2) is 144 Å². The number of para-hydroxylation sites is 3. The molecule has 8 rings (SSSR count). The molecular formula is C36H23NOS. The molecule has 2 nitrogen and oxygen atoms in total. The first kappa shape index (κ1) is 22.2. The summed E-state index contributed by atoms with van der Waals surface area (Å²) in [6.07, 6.45) is 0. The fraction of sp³-hybridized carbons (Fsp3) is 0. The fourth-order valence-corrected chi connectivity index (χ4v) is 6.84. The molecule has 0 spiro atoms. The van der Waals surface area contributed by atoms with E-state index < -0.39 is 0 Å². The zero-order chi connectivity index (χ0) is 25.8. The van der Waals surface area contributed by atoms with E-state index in [1.54, 1.807) is 0 Å². The Kier molecular flexibility index (Phi) is 5.04. The second-order valence-corrected chi connectivity index (χ2v) is 10.8. The molecule has 0 atom stereocenters. The Balaban J connectivity index is 1.30. The average molecular weight is 518 g/mol. The third kappa shape index (κ3) is 3.55. The molecule has 0 fully saturated rings. The van der Waals surface area contributed by atoms with Gasteiger partial charge >= 0.3 is 0 Å². The van der Waals surface area contributed by atoms with E-state index in [9.17, 15) is 0 Å². The number of furan rings is 1. The summed E-state index contributed by atoms with van der Waals surface area (Å²) in [7, 11) is 0. The quantitative estimate of drug-likeness (QED) is 0.231. The zero-order valence-corrected chi connectivity index (χ0v) is 21.9. The van der Waals surface area contributed by atoms with E-state index in [1.807, 2.05) is 23.5 Å². The largest absolute Gasteiger partial charge is 0.455 e. The number of anilines is 3. The molecule has 8 aromatic rings. The molecule has 2 heterocycles. The summed E-state index contributed by atoms with van der Waals surface area (Å²) < 4.78 is 8.93. The Morgan fingerprint density at radius 2 is 1.15 bits per heavy atom. The Bertz CT molecular complexity index is 2120. The first-order valence-electron chi connectivity index (χ1n) is 13.1. The van der Waals surface area contributed by atoms with Gasteiger partial charge in [-0.3, -0.25) is 0 Å². The molecule has 0 amide bonds. The van der Waals surface area contributed by atoms with E-state index in [2.05, 4.69) is 132 Å². The van der Waals surface area contributed by atoms with E-state index >= 15 is 0 Å². The average Bonchev–Trinajstić information content (AvgIpc) is 3.57. The molecule has 0 saturated heterocycles. The van der Waals surface area contributed by atoms with Gasteiger partial charge in [0.1, 0.15) is 11.2 Å². The van der Waals surface area contributed by atoms with Crippen LogP contribution >= 0.6 is 11.3 Å². The number of thiophene rings is 1. The van der Waals surface area contributed by atoms with Crippen molar-refractivity contribution in [2.75, 3.05) is 4.90 Å². The molecule has 0 unspecified atom stereocenters. The zero-order valence-electron chi connectivity index (χ0n) is 21.0. The first-order chi connectivity index (χ1) is 19.3. The summed E-state index contributed by atoms with van der Waals surface area (Å²) in [5.74, 6) is 0. The smallest absolute Gasteiger partial charge is 0.143 e. The summed E-state index contributed by atoms with van der Waals surface area (Å²) in [4.78, 5) is 2.37. The van der Waals surface area contributed by atoms with Gasteiger partial charge in [0.05, 0.1) is 5.69 Å². The normalized spacial score (nSPS) is 11.6. The molecule has 2 aromatic heterocycles. The molecule has 0 saturated carbocycles. The molecule has 3 heteroatoms. The van der Waals surface area contributed by atoms with Crippen molar-refractivity contribution < 1.29 is 4.42 Å². The van der Waals surface area contributed by atoms with Crippen LogP contribution in [0.5, 0.6) is 0 Å². The van der Waals surface area contributed by atoms with E-state index in [4.69, 9.17) is 4.42 Å². The lowest BCUT2D eigenvalue weighted by atomic mass is 10.0. The number of nitrogens with zero attached hydrogens (tertiary/aromatic N) is 1. The highest BCUT2D eigenvalue weighted by Crippen LogP contribution is 2.45. The van der Waals surface area contributed by atoms with Crippen LogP contribution in [0, 0.1) is 0 Å². The van der Waals surface area contributed by atoms with Gasteiger partial charge in [0.25, 0.3) is 0 Å². The van der Waals surface area contributed by atoms with Crippen LogP contribution in [-0.2, 0) is 0 Å². The summed E-state index contributed by atoms with van der Waals surface area (Å²) in [5.41, 5.74) is 7.52. The Hall–Kier alpha value is -4.86. The van der Waals surface area contributed by atoms with Crippen molar-refractivity contribution in [3.05, 3.63) is 140 Å². The van der Waals surface area contributed by atoms with E-state index in [0.29, 0.717) is 0 Å². The maximum Gasteiger partial charge on any atom is 0.143 e. The summed E-state index contributed by atoms with van der Waals surface area (Å²) in [5, 5.41) is 4.88. The van der Waals surface area contributed by atoms with Crippen molar-refractivity contribution in [1.82, 2.24) is 0 Å². The van der Waals surface area contributed by atoms with E-state index in [-0.39, 0.29) is 0 Å². The minimum Gasteiger partial charge on any atom is -0.455 e. The minimum absolute atomic E-state index is 0.919. The Labute approximate surface area is 230 Å². The second-order valence-electron chi connectivity index (χ2n) is 9.75. The van der Waals surface area contributed by atoms with E-state index in [1.165, 1.54) is 25.9 Å². The molecule has 0 aliphatic rings. The van der Waals surface area contributed by atoms with Gasteiger partial charge in [-0.25, -0.2) is 0 Å². The highest BCUT2D eigenvalue weighted by atomic mass is 32.1. The van der Waals surface area contributed by atoms with Crippen molar-refractivity contribution in [3.8, 4) is 11.1 Å². The number of rotatable bonds is 4. The third-order valence-corrected chi connectivity index (χ3v) is 8.61. The van der Waals surface area contributed by atoms with Crippen LogP contribution < -0.4 is 4.90 Å². The molecule has 184 valence electrons. The van der Waals surface area contributed by atoms with Crippen LogP contribution in [0.4, 0.5) is 17.1 Å². The molecular weight excluding hydrogens is 494 g/mol. The van der Waals surface area contributed by atoms with Crippen molar-refractivity contribution in [2.45, 2.75) is 0 Å². The molecule has 0 aliphatic heterocycles. The van der Waals surface area contributed by atoms with Crippen molar-refractivity contribution in [2.24, 2.45) is 0 Å². The lowest BCUT2D eigenvalue weighted by molar-refractivity contribution is 0.670. The summed E-state index contributed by atoms with van der Waals surface area (Å²) >= 11 is 1.85. The molecule has 0 bridgehead atoms. The van der Waals surface area contributed by atoms with Gasteiger partial charge in [-0.2, -0.15) is 0 Å². The fourth-order valence-electron chi connectivity index (χ4n) is 5.71. The number of hydrogen-bond acceptors (Lipinski definition) is 3. The maximum atomic E-state index is 6.33. The molecule has 0 aliphatic carbocycles. The maximum absolute atomic E-state index is 6.33. The molecule has 0 radical (unpaired) electrons. The molecule has 39 heavy (non-hydrogen) atoms. The monoisotopic (exact) mass is 517 g/mol. The highest BCUT2D eigenvalue weighted by Gasteiger charge is 2.19. The van der Waals surface area contributed by atoms with Crippen molar-refractivity contribution in [3.63, 3.8) is 0 Å². The SMILES string of the molecule is c1ccc(N(c2ccc(-c3cccc4c3oc3ccccc34)cc2)c2cccc3sc4ccccc4c23)cc1. The number of fused-ring (bicyclic) bond motifs is 6. The number of benzene rings is 6. The predicted octanol–water partition coefficient (Wildman–Crippen LogP) is 11.1. The first-order valence-corrected chi connectivity index (χ1v) is 13.9. The lowest BCUT2D eigenvalue weighted by Crippen LogP contribution is -2.10. The Morgan fingerprint density at radius 1 is 0.487 bits per heavy atom. The van der Waals surface area contributed by atoms with Crippen molar-refractivity contribution >= 4 is 70.5 Å². The summed E-state index contributed by atoms with van der Waals surface area (Å²) in [6, 6.07) is 49.5. The summed E-state index contributed by atoms with van der Waals surface area (Å²) in [6.45, 7) is 0. The van der Waals surface area contributed by atoms with Gasteiger partial charge in [-0.05, 0) is 54.1 Å². The van der Waals surface area contributed by atoms with Crippen LogP contribution in [0.1, 0.15) is 0 Å². The van der Waals surface area contributed by atoms with Crippen LogP contribution in [-0.4, -0.2) is 0 Å². The standard InChI is InChI=1S/C36H23NOS/c1-2-10-25(11-3-1)37(31-16-9-19-34-35(31)30-13-5-7-18-33(30)39-34)26-22-20-24(21-23-26)27-14-8-15-29-28-12-4-6-17-32(28)38-36(27)29/h1-23H. The Morgan fingerprint density at radius 3 is 2.03 bits per heavy atom. The highest BCUT2D eigenvalue weighted by molar-refractivity contribution is 7.26. The predicted molar refractivity (Wildman–Crippen MR) is 167 cm³/mol. The van der Waals surface area contributed by atoms with Crippen molar-refractivity contribution in [1.29, 1.82) is 0 Å². The minimum atomic E-state index is 0.919. The topological polar surface area (TPSA) is 16.4 Å². The number of hydrogen-bond donors (Lipinski definition) is 0. The van der Waals surface area contributed by atoms with Gasteiger partial charge < -0.3 is 9.32 Å². The molecule has 0 N–H and O–H groups in total. The third-order valence-electron chi connectivity index (χ3n) is 7.48. The van der Waals surface area contributed by atoms with Crippen LogP contribution in [0.3, 0.4) is 0 Å².